The number of benzene rings is 5. The van der Waals surface area contributed by atoms with Gasteiger partial charge in [0.05, 0.1) is 61.6 Å². The molecule has 26 nitrogen and oxygen atoms in total. The molecule has 3 heterocycles. The summed E-state index contributed by atoms with van der Waals surface area (Å²) in [5.74, 6) is -2.67. The maximum absolute atomic E-state index is 12.8. The Labute approximate surface area is 443 Å². The van der Waals surface area contributed by atoms with Crippen LogP contribution in [0.1, 0.15) is 34.3 Å². The number of aromatic nitrogens is 3. The second-order valence-corrected chi connectivity index (χ2v) is 24.6. The molecule has 0 aliphatic rings. The first-order valence-corrected chi connectivity index (χ1v) is 29.8. The quantitative estimate of drug-likeness (QED) is 0.0162. The van der Waals surface area contributed by atoms with Gasteiger partial charge in [0.15, 0.2) is 5.65 Å². The fourth-order valence-electron chi connectivity index (χ4n) is 7.48. The van der Waals surface area contributed by atoms with E-state index in [9.17, 15) is 66.9 Å². The molecule has 33 heteroatoms. The number of rotatable bonds is 20. The molecule has 0 atom stereocenters. The average Bonchev–Trinajstić information content (AvgIpc) is 3.95. The number of halogens is 1. The summed E-state index contributed by atoms with van der Waals surface area (Å²) in [6, 6.07) is 16.4. The summed E-state index contributed by atoms with van der Waals surface area (Å²) < 4.78 is 140. The number of amides is 1. The van der Waals surface area contributed by atoms with Crippen molar-refractivity contribution in [3.05, 3.63) is 94.5 Å². The molecule has 3 aromatic heterocycles. The van der Waals surface area contributed by atoms with E-state index in [4.69, 9.17) is 22.1 Å². The van der Waals surface area contributed by atoms with Gasteiger partial charge in [-0.25, -0.2) is 9.97 Å². The fraction of sp³-hybridized carbons (Fsp3) is 0.186. The predicted molar refractivity (Wildman–Crippen MR) is 279 cm³/mol. The lowest BCUT2D eigenvalue weighted by molar-refractivity contribution is 0.100. The van der Waals surface area contributed by atoms with Crippen molar-refractivity contribution in [3.63, 3.8) is 0 Å². The van der Waals surface area contributed by atoms with Gasteiger partial charge in [-0.1, -0.05) is 41.1 Å². The van der Waals surface area contributed by atoms with E-state index >= 15 is 0 Å². The van der Waals surface area contributed by atoms with Gasteiger partial charge in [-0.15, -0.1) is 37.3 Å². The van der Waals surface area contributed by atoms with Gasteiger partial charge in [0.25, 0.3) is 46.4 Å². The molecule has 0 fully saturated rings. The number of aliphatic hydroxyl groups is 1. The maximum Gasteiger partial charge on any atom is 0.296 e. The summed E-state index contributed by atoms with van der Waals surface area (Å²) in [7, 11) is -18.3. The number of aliphatic hydroxyl groups excluding tert-OH is 1. The number of thioether (sulfide) groups is 1. The molecule has 8 N–H and O–H groups in total. The number of thiazole rings is 1. The van der Waals surface area contributed by atoms with Crippen LogP contribution in [0.4, 0.5) is 33.6 Å². The van der Waals surface area contributed by atoms with E-state index in [1.54, 1.807) is 24.3 Å². The zero-order valence-corrected chi connectivity index (χ0v) is 44.2. The van der Waals surface area contributed by atoms with Gasteiger partial charge in [0, 0.05) is 21.9 Å². The molecule has 8 rings (SSSR count). The van der Waals surface area contributed by atoms with Crippen LogP contribution in [0.3, 0.4) is 0 Å². The Hall–Kier alpha value is -6.69. The zero-order chi connectivity index (χ0) is 55.1. The van der Waals surface area contributed by atoms with E-state index in [1.165, 1.54) is 41.7 Å². The zero-order valence-electron chi connectivity index (χ0n) is 38.6. The van der Waals surface area contributed by atoms with Crippen LogP contribution < -0.4 is 10.5 Å². The van der Waals surface area contributed by atoms with Crippen molar-refractivity contribution in [2.24, 2.45) is 36.4 Å². The van der Waals surface area contributed by atoms with Crippen molar-refractivity contribution >= 4 is 152 Å². The number of ether oxygens (including phenoxy) is 1. The third-order valence-corrected chi connectivity index (χ3v) is 16.6. The minimum atomic E-state index is -4.90. The summed E-state index contributed by atoms with van der Waals surface area (Å²) in [5.41, 5.74) is 6.13. The SMILES string of the molecule is Cc1c(N=Nc2cc(CO)c(N=Nc3cc(Cl)c(N=Nc4nc5c(S(=O)(=O)O)cc6ccc(S(=O)(=O)O)cc6c5s4)cc3SCCCS(=O)(=O)O)cc2OCCCS(=O)(=O)O)c(O)n2c(nc3ccccc32)c1C(N)=O. The van der Waals surface area contributed by atoms with Gasteiger partial charge in [-0.05, 0) is 85.0 Å². The van der Waals surface area contributed by atoms with E-state index in [0.29, 0.717) is 11.0 Å². The van der Waals surface area contributed by atoms with Crippen LogP contribution in [0.2, 0.25) is 5.02 Å². The normalized spacial score (nSPS) is 13.0. The minimum Gasteiger partial charge on any atom is -0.493 e. The molecule has 8 aromatic rings. The van der Waals surface area contributed by atoms with Gasteiger partial charge >= 0.3 is 0 Å². The van der Waals surface area contributed by atoms with Crippen molar-refractivity contribution in [3.8, 4) is 11.6 Å². The number of carbonyl (C=O) groups excluding carboxylic acids is 1. The third-order valence-electron chi connectivity index (χ3n) is 10.9. The smallest absolute Gasteiger partial charge is 0.296 e. The molecule has 0 radical (unpaired) electrons. The highest BCUT2D eigenvalue weighted by atomic mass is 35.5. The van der Waals surface area contributed by atoms with Crippen LogP contribution in [0.25, 0.3) is 37.7 Å². The number of nitrogens with zero attached hydrogens (tertiary/aromatic N) is 9. The van der Waals surface area contributed by atoms with E-state index in [-0.39, 0.29) is 118 Å². The molecule has 5 aromatic carbocycles. The summed E-state index contributed by atoms with van der Waals surface area (Å²) >= 11 is 8.47. The number of aromatic hydroxyl groups is 1. The van der Waals surface area contributed by atoms with Crippen molar-refractivity contribution in [2.75, 3.05) is 23.9 Å². The maximum atomic E-state index is 12.8. The van der Waals surface area contributed by atoms with Crippen LogP contribution >= 0.6 is 34.7 Å². The number of pyridine rings is 1. The Morgan fingerprint density at radius 3 is 2.16 bits per heavy atom. The number of carbonyl (C=O) groups is 1. The predicted octanol–water partition coefficient (Wildman–Crippen LogP) is 9.28. The van der Waals surface area contributed by atoms with E-state index in [1.807, 2.05) is 0 Å². The molecule has 0 unspecified atom stereocenters. The van der Waals surface area contributed by atoms with Gasteiger partial charge in [-0.3, -0.25) is 27.4 Å². The Morgan fingerprint density at radius 1 is 0.789 bits per heavy atom. The van der Waals surface area contributed by atoms with Crippen LogP contribution in [-0.4, -0.2) is 106 Å². The van der Waals surface area contributed by atoms with Gasteiger partial charge in [-0.2, -0.15) is 38.8 Å². The molecule has 76 heavy (non-hydrogen) atoms. The summed E-state index contributed by atoms with van der Waals surface area (Å²) in [6.45, 7) is 0.448. The van der Waals surface area contributed by atoms with Crippen molar-refractivity contribution in [2.45, 2.75) is 41.1 Å². The number of para-hydroxylation sites is 2. The molecular weight excluding hydrogens is 1140 g/mol. The molecular formula is C43H37ClN10O16S6. The molecule has 0 spiro atoms. The molecule has 0 saturated carbocycles. The number of nitrogens with two attached hydrogens (primary N) is 1. The average molecular weight is 1180 g/mol. The van der Waals surface area contributed by atoms with E-state index < -0.39 is 80.2 Å². The lowest BCUT2D eigenvalue weighted by Crippen LogP contribution is -2.15. The highest BCUT2D eigenvalue weighted by Crippen LogP contribution is 2.45. The number of hydrogen-bond acceptors (Lipinski definition) is 22. The monoisotopic (exact) mass is 1180 g/mol. The molecule has 0 aliphatic heterocycles. The highest BCUT2D eigenvalue weighted by molar-refractivity contribution is 7.99. The standard InChI is InChI=1S/C43H37ClN10O16S6/c1-21-36(40(45)56)41-46-27-6-2-3-7-32(27)54(41)42(57)37(21)52-50-30-14-23(20-55)28(18-33(30)70-10-4-12-73(58,59)60)48-51-31-17-26(44)29(19-34(31)71-11-5-13-74(61,62)63)49-53-43-47-38-35(76(67,68)69)15-22-8-9-24(75(64,65)66)16-25(22)39(38)72-43/h2-3,6-9,14-19,55,57H,4-5,10-13,20H2,1H3,(H2,45,56)(H,58,59,60)(H,61,62,63)(H,64,65,66)(H,67,68,69). The van der Waals surface area contributed by atoms with Crippen LogP contribution in [-0.2, 0) is 47.1 Å². The van der Waals surface area contributed by atoms with Crippen molar-refractivity contribution < 1.29 is 71.6 Å². The third kappa shape index (κ3) is 12.4. The Morgan fingerprint density at radius 2 is 1.47 bits per heavy atom. The number of primary amides is 1. The molecule has 0 bridgehead atoms. The van der Waals surface area contributed by atoms with Crippen LogP contribution in [0.5, 0.6) is 11.6 Å². The largest absolute Gasteiger partial charge is 0.493 e. The molecule has 398 valence electrons. The Balaban J connectivity index is 1.19. The van der Waals surface area contributed by atoms with E-state index in [2.05, 4.69) is 40.7 Å². The number of fused-ring (bicyclic) bond motifs is 6. The Kier molecular flexibility index (Phi) is 15.9. The van der Waals surface area contributed by atoms with Crippen LogP contribution in [0.15, 0.2) is 118 Å². The van der Waals surface area contributed by atoms with Gasteiger partial charge < -0.3 is 20.7 Å². The first-order chi connectivity index (χ1) is 35.7. The van der Waals surface area contributed by atoms with E-state index in [0.717, 1.165) is 41.3 Å². The number of hydrogen-bond donors (Lipinski definition) is 7. The second kappa shape index (κ2) is 21.7. The summed E-state index contributed by atoms with van der Waals surface area (Å²) in [5, 5.41) is 47.6. The summed E-state index contributed by atoms with van der Waals surface area (Å²) in [4.78, 5) is 20.6. The lowest BCUT2D eigenvalue weighted by atomic mass is 10.1. The summed E-state index contributed by atoms with van der Waals surface area (Å²) in [6.07, 6.45) is -0.258. The first-order valence-electron chi connectivity index (χ1n) is 21.5. The molecule has 1 amide bonds. The van der Waals surface area contributed by atoms with Crippen LogP contribution in [0, 0.1) is 6.92 Å². The molecule has 0 aliphatic carbocycles. The minimum absolute atomic E-state index is 0.0402. The highest BCUT2D eigenvalue weighted by Gasteiger charge is 2.25. The lowest BCUT2D eigenvalue weighted by Gasteiger charge is -2.13. The first kappa shape index (κ1) is 55.5. The molecule has 0 saturated heterocycles. The Bertz CT molecular complexity index is 4270. The number of imidazole rings is 1. The van der Waals surface area contributed by atoms with Crippen molar-refractivity contribution in [1.29, 1.82) is 0 Å². The van der Waals surface area contributed by atoms with Gasteiger partial charge in [0.2, 0.25) is 11.0 Å². The fourth-order valence-corrected chi connectivity index (χ4v) is 12.0. The van der Waals surface area contributed by atoms with Crippen molar-refractivity contribution in [1.82, 2.24) is 14.4 Å². The van der Waals surface area contributed by atoms with Gasteiger partial charge in [0.1, 0.15) is 38.9 Å². The second-order valence-electron chi connectivity index (χ2n) is 16.1. The topological polar surface area (TPSA) is 415 Å². The number of azo groups is 3.